The van der Waals surface area contributed by atoms with Gasteiger partial charge in [0.1, 0.15) is 17.6 Å². The Morgan fingerprint density at radius 1 is 1.28 bits per heavy atom. The SMILES string of the molecule is CCCOc1cc2c(Oc3ccc4[nH]c(C)cc4c3F)ncnn2c1. The van der Waals surface area contributed by atoms with Crippen molar-refractivity contribution in [2.45, 2.75) is 20.3 Å². The van der Waals surface area contributed by atoms with Crippen LogP contribution in [0.4, 0.5) is 4.39 Å². The van der Waals surface area contributed by atoms with Crippen LogP contribution in [0, 0.1) is 12.7 Å². The summed E-state index contributed by atoms with van der Waals surface area (Å²) < 4.78 is 27.7. The third-order valence-electron chi connectivity index (χ3n) is 3.86. The summed E-state index contributed by atoms with van der Waals surface area (Å²) in [6.45, 7) is 4.52. The molecule has 7 heteroatoms. The number of rotatable bonds is 5. The van der Waals surface area contributed by atoms with Crippen LogP contribution in [0.3, 0.4) is 0 Å². The monoisotopic (exact) mass is 340 g/mol. The van der Waals surface area contributed by atoms with E-state index in [1.807, 2.05) is 13.8 Å². The van der Waals surface area contributed by atoms with Crippen molar-refractivity contribution in [2.24, 2.45) is 0 Å². The second-order valence-corrected chi connectivity index (χ2v) is 5.81. The van der Waals surface area contributed by atoms with Gasteiger partial charge in [-0.3, -0.25) is 0 Å². The zero-order valence-electron chi connectivity index (χ0n) is 13.9. The number of benzene rings is 1. The van der Waals surface area contributed by atoms with E-state index in [9.17, 15) is 4.39 Å². The Bertz CT molecular complexity index is 1050. The maximum atomic E-state index is 14.7. The van der Waals surface area contributed by atoms with Crippen LogP contribution in [-0.4, -0.2) is 26.2 Å². The third-order valence-corrected chi connectivity index (χ3v) is 3.86. The summed E-state index contributed by atoms with van der Waals surface area (Å²) in [5.41, 5.74) is 2.23. The molecule has 128 valence electrons. The molecule has 3 aromatic heterocycles. The molecule has 4 aromatic rings. The molecule has 0 atom stereocenters. The highest BCUT2D eigenvalue weighted by atomic mass is 19.1. The Kier molecular flexibility index (Phi) is 3.76. The first kappa shape index (κ1) is 15.4. The van der Waals surface area contributed by atoms with E-state index < -0.39 is 5.82 Å². The number of halogens is 1. The van der Waals surface area contributed by atoms with Gasteiger partial charge < -0.3 is 14.5 Å². The molecule has 0 spiro atoms. The number of aromatic nitrogens is 4. The fraction of sp³-hybridized carbons (Fsp3) is 0.222. The van der Waals surface area contributed by atoms with E-state index in [1.54, 1.807) is 35.0 Å². The van der Waals surface area contributed by atoms with Crippen molar-refractivity contribution in [1.82, 2.24) is 19.6 Å². The van der Waals surface area contributed by atoms with Gasteiger partial charge in [0.15, 0.2) is 11.6 Å². The predicted octanol–water partition coefficient (Wildman–Crippen LogP) is 4.24. The van der Waals surface area contributed by atoms with Crippen LogP contribution >= 0.6 is 0 Å². The molecule has 0 saturated heterocycles. The Morgan fingerprint density at radius 2 is 2.16 bits per heavy atom. The lowest BCUT2D eigenvalue weighted by Crippen LogP contribution is -1.97. The van der Waals surface area contributed by atoms with E-state index in [0.29, 0.717) is 23.3 Å². The van der Waals surface area contributed by atoms with Crippen molar-refractivity contribution in [3.63, 3.8) is 0 Å². The first-order valence-corrected chi connectivity index (χ1v) is 8.07. The molecule has 0 aliphatic heterocycles. The van der Waals surface area contributed by atoms with Crippen molar-refractivity contribution in [3.05, 3.63) is 48.3 Å². The predicted molar refractivity (Wildman–Crippen MR) is 91.8 cm³/mol. The van der Waals surface area contributed by atoms with Crippen LogP contribution in [-0.2, 0) is 0 Å². The first-order chi connectivity index (χ1) is 12.2. The Balaban J connectivity index is 1.73. The number of hydrogen-bond donors (Lipinski definition) is 1. The molecule has 0 aliphatic carbocycles. The third kappa shape index (κ3) is 2.77. The maximum absolute atomic E-state index is 14.7. The largest absolute Gasteiger partial charge is 0.492 e. The minimum atomic E-state index is -0.423. The number of nitrogens with one attached hydrogen (secondary N) is 1. The number of nitrogens with zero attached hydrogens (tertiary/aromatic N) is 3. The maximum Gasteiger partial charge on any atom is 0.247 e. The molecule has 0 amide bonds. The average molecular weight is 340 g/mol. The van der Waals surface area contributed by atoms with Gasteiger partial charge in [-0.1, -0.05) is 6.92 Å². The summed E-state index contributed by atoms with van der Waals surface area (Å²) in [7, 11) is 0. The van der Waals surface area contributed by atoms with Crippen LogP contribution in [0.25, 0.3) is 16.4 Å². The summed E-state index contributed by atoms with van der Waals surface area (Å²) in [4.78, 5) is 7.24. The Labute approximate surface area is 143 Å². The quantitative estimate of drug-likeness (QED) is 0.590. The molecule has 1 N–H and O–H groups in total. The molecule has 0 bridgehead atoms. The topological polar surface area (TPSA) is 64.4 Å². The first-order valence-electron chi connectivity index (χ1n) is 8.07. The number of H-pyrrole nitrogens is 1. The Morgan fingerprint density at radius 3 is 3.00 bits per heavy atom. The van der Waals surface area contributed by atoms with E-state index in [0.717, 1.165) is 17.6 Å². The molecule has 4 rings (SSSR count). The van der Waals surface area contributed by atoms with Crippen LogP contribution in [0.15, 0.2) is 36.8 Å². The van der Waals surface area contributed by atoms with Crippen molar-refractivity contribution in [3.8, 4) is 17.4 Å². The molecule has 6 nitrogen and oxygen atoms in total. The van der Waals surface area contributed by atoms with Crippen molar-refractivity contribution in [1.29, 1.82) is 0 Å². The molecule has 0 radical (unpaired) electrons. The summed E-state index contributed by atoms with van der Waals surface area (Å²) in [6.07, 6.45) is 4.01. The number of fused-ring (bicyclic) bond motifs is 2. The second-order valence-electron chi connectivity index (χ2n) is 5.81. The Hall–Kier alpha value is -3.09. The minimum Gasteiger partial charge on any atom is -0.492 e. The number of hydrogen-bond acceptors (Lipinski definition) is 4. The van der Waals surface area contributed by atoms with E-state index in [-0.39, 0.29) is 11.6 Å². The molecular weight excluding hydrogens is 323 g/mol. The number of aryl methyl sites for hydroxylation is 1. The summed E-state index contributed by atoms with van der Waals surface area (Å²) in [6, 6.07) is 6.90. The van der Waals surface area contributed by atoms with Gasteiger partial charge >= 0.3 is 0 Å². The van der Waals surface area contributed by atoms with Gasteiger partial charge in [-0.15, -0.1) is 0 Å². The van der Waals surface area contributed by atoms with Crippen molar-refractivity contribution < 1.29 is 13.9 Å². The van der Waals surface area contributed by atoms with Crippen molar-refractivity contribution >= 4 is 16.4 Å². The average Bonchev–Trinajstić information content (AvgIpc) is 3.19. The standard InChI is InChI=1S/C18H17FN4O2/c1-3-6-24-12-8-15-18(20-10-21-23(15)9-12)25-16-5-4-14-13(17(16)19)7-11(2)22-14/h4-5,7-10,22H,3,6H2,1-2H3. The second kappa shape index (κ2) is 6.08. The highest BCUT2D eigenvalue weighted by molar-refractivity contribution is 5.83. The van der Waals surface area contributed by atoms with Gasteiger partial charge in [0.05, 0.1) is 12.8 Å². The fourth-order valence-electron chi connectivity index (χ4n) is 2.73. The summed E-state index contributed by atoms with van der Waals surface area (Å²) >= 11 is 0. The summed E-state index contributed by atoms with van der Waals surface area (Å²) in [5, 5.41) is 4.62. The fourth-order valence-corrected chi connectivity index (χ4v) is 2.73. The van der Waals surface area contributed by atoms with Crippen LogP contribution in [0.1, 0.15) is 19.0 Å². The molecule has 0 aliphatic rings. The van der Waals surface area contributed by atoms with Crippen LogP contribution in [0.5, 0.6) is 17.4 Å². The lowest BCUT2D eigenvalue weighted by Gasteiger charge is -2.07. The molecule has 0 saturated carbocycles. The number of aromatic amines is 1. The highest BCUT2D eigenvalue weighted by Crippen LogP contribution is 2.32. The molecule has 3 heterocycles. The van der Waals surface area contributed by atoms with Gasteiger partial charge in [-0.05, 0) is 31.5 Å². The van der Waals surface area contributed by atoms with E-state index in [1.165, 1.54) is 6.33 Å². The molecule has 25 heavy (non-hydrogen) atoms. The molecule has 1 aromatic carbocycles. The lowest BCUT2D eigenvalue weighted by atomic mass is 10.2. The minimum absolute atomic E-state index is 0.115. The zero-order chi connectivity index (χ0) is 17.4. The van der Waals surface area contributed by atoms with Gasteiger partial charge in [0, 0.05) is 22.7 Å². The van der Waals surface area contributed by atoms with Crippen LogP contribution in [0.2, 0.25) is 0 Å². The van der Waals surface area contributed by atoms with Gasteiger partial charge in [-0.2, -0.15) is 10.1 Å². The van der Waals surface area contributed by atoms with E-state index >= 15 is 0 Å². The van der Waals surface area contributed by atoms with Crippen LogP contribution < -0.4 is 9.47 Å². The molecular formula is C18H17FN4O2. The highest BCUT2D eigenvalue weighted by Gasteiger charge is 2.15. The number of ether oxygens (including phenoxy) is 2. The molecule has 0 fully saturated rings. The molecule has 0 unspecified atom stereocenters. The van der Waals surface area contributed by atoms with Gasteiger partial charge in [0.2, 0.25) is 5.88 Å². The van der Waals surface area contributed by atoms with E-state index in [2.05, 4.69) is 15.1 Å². The smallest absolute Gasteiger partial charge is 0.247 e. The lowest BCUT2D eigenvalue weighted by molar-refractivity contribution is 0.317. The summed E-state index contributed by atoms with van der Waals surface area (Å²) in [5.74, 6) is 0.633. The van der Waals surface area contributed by atoms with E-state index in [4.69, 9.17) is 9.47 Å². The van der Waals surface area contributed by atoms with Crippen molar-refractivity contribution in [2.75, 3.05) is 6.61 Å². The normalized spacial score (nSPS) is 11.3. The van der Waals surface area contributed by atoms with Gasteiger partial charge in [0.25, 0.3) is 0 Å². The van der Waals surface area contributed by atoms with Gasteiger partial charge in [-0.25, -0.2) is 8.91 Å². The zero-order valence-corrected chi connectivity index (χ0v) is 13.9.